The molecule has 0 aromatic heterocycles. The molecule has 5 nitrogen and oxygen atoms in total. The fourth-order valence-electron chi connectivity index (χ4n) is 2.85. The van der Waals surface area contributed by atoms with Crippen molar-refractivity contribution < 1.29 is 14.2 Å². The Bertz CT molecular complexity index is 1270. The van der Waals surface area contributed by atoms with Crippen molar-refractivity contribution in [1.82, 2.24) is 0 Å². The van der Waals surface area contributed by atoms with Crippen molar-refractivity contribution in [3.05, 3.63) is 108 Å². The second kappa shape index (κ2) is 9.17. The lowest BCUT2D eigenvalue weighted by Crippen LogP contribution is -1.89. The van der Waals surface area contributed by atoms with Gasteiger partial charge in [0.15, 0.2) is 0 Å². The van der Waals surface area contributed by atoms with Gasteiger partial charge in [-0.05, 0) is 66.7 Å². The average Bonchev–Trinajstić information content (AvgIpc) is 2.81. The largest absolute Gasteiger partial charge is 0.457 e. The highest BCUT2D eigenvalue weighted by atomic mass is 16.5. The van der Waals surface area contributed by atoms with Gasteiger partial charge in [-0.3, -0.25) is 0 Å². The highest BCUT2D eigenvalue weighted by Gasteiger charge is 2.06. The fourth-order valence-corrected chi connectivity index (χ4v) is 2.85. The molecule has 0 saturated heterocycles. The summed E-state index contributed by atoms with van der Waals surface area (Å²) in [5.74, 6) is 3.79. The number of para-hydroxylation sites is 1. The minimum absolute atomic E-state index is 0.276. The van der Waals surface area contributed by atoms with Gasteiger partial charge in [-0.15, -0.1) is 0 Å². The molecule has 31 heavy (non-hydrogen) atoms. The van der Waals surface area contributed by atoms with Crippen LogP contribution in [0, 0.1) is 22.7 Å². The lowest BCUT2D eigenvalue weighted by molar-refractivity contribution is 0.456. The number of nitrogens with zero attached hydrogens (tertiary/aromatic N) is 2. The second-order valence-corrected chi connectivity index (χ2v) is 6.50. The van der Waals surface area contributed by atoms with Gasteiger partial charge in [-0.2, -0.15) is 10.5 Å². The summed E-state index contributed by atoms with van der Waals surface area (Å²) < 4.78 is 17.5. The second-order valence-electron chi connectivity index (χ2n) is 6.50. The molecule has 0 saturated carbocycles. The number of hydrogen-bond donors (Lipinski definition) is 0. The predicted octanol–water partition coefficient (Wildman–Crippen LogP) is 6.81. The molecule has 0 heterocycles. The molecule has 0 radical (unpaired) electrons. The van der Waals surface area contributed by atoms with Crippen LogP contribution in [0.3, 0.4) is 0 Å². The van der Waals surface area contributed by atoms with Crippen LogP contribution in [0.4, 0.5) is 0 Å². The Morgan fingerprint density at radius 3 is 1.42 bits per heavy atom. The highest BCUT2D eigenvalue weighted by molar-refractivity contribution is 5.50. The zero-order valence-corrected chi connectivity index (χ0v) is 16.4. The van der Waals surface area contributed by atoms with Gasteiger partial charge >= 0.3 is 0 Å². The normalized spacial score (nSPS) is 9.87. The SMILES string of the molecule is N#Cc1ccc(Oc2ccc(Oc3cccc(Oc4ccccc4)c3)cc2)cc1C#N. The Labute approximate surface area is 179 Å². The van der Waals surface area contributed by atoms with E-state index in [1.165, 1.54) is 0 Å². The Balaban J connectivity index is 1.43. The molecule has 4 aromatic carbocycles. The van der Waals surface area contributed by atoms with Crippen LogP contribution in [-0.2, 0) is 0 Å². The van der Waals surface area contributed by atoms with E-state index < -0.39 is 0 Å². The van der Waals surface area contributed by atoms with Gasteiger partial charge in [0, 0.05) is 6.07 Å². The van der Waals surface area contributed by atoms with Gasteiger partial charge in [0.25, 0.3) is 0 Å². The van der Waals surface area contributed by atoms with Gasteiger partial charge in [-0.25, -0.2) is 0 Å². The summed E-state index contributed by atoms with van der Waals surface area (Å²) in [6.07, 6.45) is 0. The lowest BCUT2D eigenvalue weighted by Gasteiger charge is -2.10. The molecule has 0 unspecified atom stereocenters. The van der Waals surface area contributed by atoms with Gasteiger partial charge < -0.3 is 14.2 Å². The Morgan fingerprint density at radius 1 is 0.419 bits per heavy atom. The van der Waals surface area contributed by atoms with Crippen molar-refractivity contribution in [2.75, 3.05) is 0 Å². The van der Waals surface area contributed by atoms with Crippen LogP contribution in [0.15, 0.2) is 97.1 Å². The zero-order valence-electron chi connectivity index (χ0n) is 16.4. The number of ether oxygens (including phenoxy) is 3. The maximum atomic E-state index is 9.14. The van der Waals surface area contributed by atoms with Crippen LogP contribution in [0.2, 0.25) is 0 Å². The first kappa shape index (κ1) is 19.6. The third-order valence-corrected chi connectivity index (χ3v) is 4.31. The van der Waals surface area contributed by atoms with Gasteiger partial charge in [0.2, 0.25) is 0 Å². The van der Waals surface area contributed by atoms with E-state index in [4.69, 9.17) is 24.7 Å². The molecular formula is C26H16N2O3. The van der Waals surface area contributed by atoms with E-state index in [0.29, 0.717) is 34.3 Å². The van der Waals surface area contributed by atoms with Crippen LogP contribution in [0.25, 0.3) is 0 Å². The molecule has 5 heteroatoms. The first-order chi connectivity index (χ1) is 15.2. The van der Waals surface area contributed by atoms with Crippen molar-refractivity contribution >= 4 is 0 Å². The highest BCUT2D eigenvalue weighted by Crippen LogP contribution is 2.30. The van der Waals surface area contributed by atoms with E-state index in [-0.39, 0.29) is 5.56 Å². The molecule has 4 rings (SSSR count). The molecule has 148 valence electrons. The van der Waals surface area contributed by atoms with Crippen LogP contribution in [-0.4, -0.2) is 0 Å². The maximum Gasteiger partial charge on any atom is 0.131 e. The molecule has 0 atom stereocenters. The van der Waals surface area contributed by atoms with E-state index in [2.05, 4.69) is 0 Å². The van der Waals surface area contributed by atoms with E-state index in [1.807, 2.05) is 66.7 Å². The summed E-state index contributed by atoms with van der Waals surface area (Å²) in [6.45, 7) is 0. The monoisotopic (exact) mass is 404 g/mol. The Hall–Kier alpha value is -4.74. The Morgan fingerprint density at radius 2 is 0.871 bits per heavy atom. The third-order valence-electron chi connectivity index (χ3n) is 4.31. The molecule has 0 aliphatic rings. The summed E-state index contributed by atoms with van der Waals surface area (Å²) in [7, 11) is 0. The first-order valence-electron chi connectivity index (χ1n) is 9.46. The van der Waals surface area contributed by atoms with E-state index >= 15 is 0 Å². The summed E-state index contributed by atoms with van der Waals surface area (Å²) in [6, 6.07) is 32.8. The van der Waals surface area contributed by atoms with E-state index in [9.17, 15) is 0 Å². The fraction of sp³-hybridized carbons (Fsp3) is 0. The van der Waals surface area contributed by atoms with Gasteiger partial charge in [0.1, 0.15) is 46.6 Å². The first-order valence-corrected chi connectivity index (χ1v) is 9.46. The minimum atomic E-state index is 0.276. The molecule has 0 aliphatic heterocycles. The summed E-state index contributed by atoms with van der Waals surface area (Å²) >= 11 is 0. The standard InChI is InChI=1S/C26H16N2O3/c27-17-19-9-10-26(15-20(19)18-28)31-23-13-11-22(12-14-23)30-25-8-4-7-24(16-25)29-21-5-2-1-3-6-21/h1-16H. The number of benzene rings is 4. The molecule has 0 aliphatic carbocycles. The molecule has 0 amide bonds. The topological polar surface area (TPSA) is 75.3 Å². The van der Waals surface area contributed by atoms with Crippen molar-refractivity contribution in [1.29, 1.82) is 10.5 Å². The van der Waals surface area contributed by atoms with Crippen molar-refractivity contribution in [3.8, 4) is 46.6 Å². The third kappa shape index (κ3) is 5.00. The lowest BCUT2D eigenvalue weighted by atomic mass is 10.1. The van der Waals surface area contributed by atoms with Crippen LogP contribution < -0.4 is 14.2 Å². The number of nitriles is 2. The zero-order chi connectivity index (χ0) is 21.5. The van der Waals surface area contributed by atoms with Crippen molar-refractivity contribution in [2.24, 2.45) is 0 Å². The molecule has 0 bridgehead atoms. The number of rotatable bonds is 6. The van der Waals surface area contributed by atoms with Crippen molar-refractivity contribution in [3.63, 3.8) is 0 Å². The summed E-state index contributed by atoms with van der Waals surface area (Å²) in [5, 5.41) is 18.1. The predicted molar refractivity (Wildman–Crippen MR) is 115 cm³/mol. The van der Waals surface area contributed by atoms with E-state index in [1.54, 1.807) is 42.5 Å². The molecule has 0 spiro atoms. The summed E-state index contributed by atoms with van der Waals surface area (Å²) in [4.78, 5) is 0. The Kier molecular flexibility index (Phi) is 5.79. The van der Waals surface area contributed by atoms with E-state index in [0.717, 1.165) is 5.75 Å². The smallest absolute Gasteiger partial charge is 0.131 e. The van der Waals surface area contributed by atoms with Crippen LogP contribution in [0.5, 0.6) is 34.5 Å². The average molecular weight is 404 g/mol. The molecule has 0 N–H and O–H groups in total. The van der Waals surface area contributed by atoms with Gasteiger partial charge in [0.05, 0.1) is 11.1 Å². The van der Waals surface area contributed by atoms with Crippen molar-refractivity contribution in [2.45, 2.75) is 0 Å². The van der Waals surface area contributed by atoms with Crippen LogP contribution >= 0.6 is 0 Å². The number of hydrogen-bond acceptors (Lipinski definition) is 5. The maximum absolute atomic E-state index is 9.14. The molecular weight excluding hydrogens is 388 g/mol. The summed E-state index contributed by atoms with van der Waals surface area (Å²) in [5.41, 5.74) is 0.592. The molecule has 4 aromatic rings. The molecule has 0 fully saturated rings. The van der Waals surface area contributed by atoms with Gasteiger partial charge in [-0.1, -0.05) is 24.3 Å². The minimum Gasteiger partial charge on any atom is -0.457 e. The van der Waals surface area contributed by atoms with Crippen LogP contribution in [0.1, 0.15) is 11.1 Å². The quantitative estimate of drug-likeness (QED) is 0.353.